The number of anilines is 1. The van der Waals surface area contributed by atoms with Gasteiger partial charge in [0.15, 0.2) is 5.82 Å². The highest BCUT2D eigenvalue weighted by atomic mass is 32.2. The smallest absolute Gasteiger partial charge is 0.237 e. The lowest BCUT2D eigenvalue weighted by Crippen LogP contribution is -2.60. The van der Waals surface area contributed by atoms with Gasteiger partial charge in [-0.1, -0.05) is 64.1 Å². The average Bonchev–Trinajstić information content (AvgIpc) is 4.07. The number of carbonyl (C=O) groups is 3. The number of carbonyl (C=O) groups excluding carboxylic acids is 3. The lowest BCUT2D eigenvalue weighted by molar-refractivity contribution is -0.135. The Morgan fingerprint density at radius 1 is 1.00 bits per heavy atom. The van der Waals surface area contributed by atoms with E-state index in [4.69, 9.17) is 9.47 Å². The number of hydrogen-bond acceptors (Lipinski definition) is 13. The number of H-pyrrole nitrogens is 1. The number of fused-ring (bicyclic) bond motifs is 1. The van der Waals surface area contributed by atoms with Gasteiger partial charge in [0.1, 0.15) is 30.0 Å². The van der Waals surface area contributed by atoms with Gasteiger partial charge in [-0.3, -0.25) is 24.0 Å². The summed E-state index contributed by atoms with van der Waals surface area (Å²) in [5, 5.41) is 28.5. The van der Waals surface area contributed by atoms with Gasteiger partial charge in [0.25, 0.3) is 0 Å². The Morgan fingerprint density at radius 2 is 1.77 bits per heavy atom. The number of β-amino-alcohol motifs (C(OH)–C–C–N with tert-alkyl or cyclic N) is 1. The van der Waals surface area contributed by atoms with Gasteiger partial charge < -0.3 is 35.3 Å². The van der Waals surface area contributed by atoms with E-state index in [-0.39, 0.29) is 86.3 Å². The zero-order chi connectivity index (χ0) is 50.3. The SMILES string of the molecule is CCCS(=O)(=O)Nc1ccc(F)c(C(=O)c2c[nH]c3ncc(-c4cccc(OCCOCCC(=O)N[C@H](C(O)N5C[C@H](O)C[C@H]5C(=O)NCc5ccc(-c6scnc6C)cc5)C(C)(C)C)c4)cc23)c1F. The number of hydrogen-bond donors (Lipinski definition) is 6. The number of pyridine rings is 1. The Kier molecular flexibility index (Phi) is 16.5. The number of amides is 2. The van der Waals surface area contributed by atoms with Gasteiger partial charge in [0.05, 0.1) is 64.5 Å². The Bertz CT molecular complexity index is 2940. The van der Waals surface area contributed by atoms with E-state index in [2.05, 4.69) is 30.3 Å². The normalized spacial score (nSPS) is 16.2. The van der Waals surface area contributed by atoms with E-state index in [0.29, 0.717) is 16.9 Å². The molecule has 16 nitrogen and oxygen atoms in total. The molecule has 0 aliphatic carbocycles. The number of aromatic amines is 1. The summed E-state index contributed by atoms with van der Waals surface area (Å²) in [6.45, 7) is 9.83. The molecule has 1 unspecified atom stereocenters. The van der Waals surface area contributed by atoms with Crippen LogP contribution in [0.3, 0.4) is 0 Å². The molecule has 0 radical (unpaired) electrons. The van der Waals surface area contributed by atoms with E-state index in [1.165, 1.54) is 6.20 Å². The first-order chi connectivity index (χ1) is 33.3. The fourth-order valence-electron chi connectivity index (χ4n) is 8.28. The molecule has 6 aromatic rings. The molecule has 0 bridgehead atoms. The molecular formula is C50H57F2N7O9S2. The second kappa shape index (κ2) is 22.3. The van der Waals surface area contributed by atoms with E-state index in [9.17, 15) is 33.0 Å². The predicted octanol–water partition coefficient (Wildman–Crippen LogP) is 6.71. The molecule has 6 N–H and O–H groups in total. The highest BCUT2D eigenvalue weighted by Gasteiger charge is 2.45. The lowest BCUT2D eigenvalue weighted by atomic mass is 9.84. The molecule has 4 heterocycles. The third kappa shape index (κ3) is 12.4. The van der Waals surface area contributed by atoms with Crippen molar-refractivity contribution < 1.29 is 51.3 Å². The van der Waals surface area contributed by atoms with Crippen molar-refractivity contribution >= 4 is 55.7 Å². The van der Waals surface area contributed by atoms with Crippen LogP contribution in [0.4, 0.5) is 14.5 Å². The molecule has 2 amide bonds. The van der Waals surface area contributed by atoms with E-state index in [1.807, 2.05) is 52.0 Å². The summed E-state index contributed by atoms with van der Waals surface area (Å²) in [7, 11) is -3.93. The van der Waals surface area contributed by atoms with Crippen LogP contribution >= 0.6 is 11.3 Å². The fraction of sp³-hybridized carbons (Fsp3) is 0.380. The summed E-state index contributed by atoms with van der Waals surface area (Å²) < 4.78 is 68.9. The molecule has 70 heavy (non-hydrogen) atoms. The van der Waals surface area contributed by atoms with Crippen LogP contribution in [0.2, 0.25) is 0 Å². The number of nitrogens with zero attached hydrogens (tertiary/aromatic N) is 3. The van der Waals surface area contributed by atoms with Crippen molar-refractivity contribution in [3.05, 3.63) is 119 Å². The highest BCUT2D eigenvalue weighted by Crippen LogP contribution is 2.33. The predicted molar refractivity (Wildman–Crippen MR) is 263 cm³/mol. The van der Waals surface area contributed by atoms with Crippen molar-refractivity contribution in [3.8, 4) is 27.3 Å². The number of sulfonamides is 1. The van der Waals surface area contributed by atoms with Gasteiger partial charge in [-0.05, 0) is 72.2 Å². The van der Waals surface area contributed by atoms with Gasteiger partial charge in [-0.2, -0.15) is 0 Å². The van der Waals surface area contributed by atoms with Gasteiger partial charge in [-0.15, -0.1) is 11.3 Å². The van der Waals surface area contributed by atoms with Crippen LogP contribution in [0.15, 0.2) is 84.6 Å². The Hall–Kier alpha value is -6.16. The molecule has 3 aromatic carbocycles. The minimum Gasteiger partial charge on any atom is -0.491 e. The molecule has 1 aliphatic heterocycles. The molecule has 4 atom stereocenters. The Balaban J connectivity index is 0.897. The largest absolute Gasteiger partial charge is 0.491 e. The first-order valence-corrected chi connectivity index (χ1v) is 25.4. The van der Waals surface area contributed by atoms with Crippen molar-refractivity contribution in [1.82, 2.24) is 30.5 Å². The third-order valence-corrected chi connectivity index (χ3v) is 14.4. The molecular weight excluding hydrogens is 945 g/mol. The molecule has 7 rings (SSSR count). The number of ether oxygens (including phenoxy) is 2. The lowest BCUT2D eigenvalue weighted by Gasteiger charge is -2.40. The maximum atomic E-state index is 15.6. The summed E-state index contributed by atoms with van der Waals surface area (Å²) in [4.78, 5) is 54.6. The number of nitrogens with one attached hydrogen (secondary N) is 4. The zero-order valence-electron chi connectivity index (χ0n) is 39.4. The van der Waals surface area contributed by atoms with Crippen LogP contribution in [-0.2, 0) is 30.9 Å². The van der Waals surface area contributed by atoms with Gasteiger partial charge in [-0.25, -0.2) is 27.2 Å². The van der Waals surface area contributed by atoms with Crippen molar-refractivity contribution in [1.29, 1.82) is 0 Å². The number of halogens is 2. The van der Waals surface area contributed by atoms with E-state index >= 15 is 8.78 Å². The summed E-state index contributed by atoms with van der Waals surface area (Å²) in [5.41, 5.74) is 4.02. The number of thiazole rings is 1. The first-order valence-electron chi connectivity index (χ1n) is 22.8. The van der Waals surface area contributed by atoms with E-state index in [0.717, 1.165) is 33.8 Å². The average molecular weight is 1000 g/mol. The van der Waals surface area contributed by atoms with Crippen LogP contribution < -0.4 is 20.1 Å². The van der Waals surface area contributed by atoms with Crippen molar-refractivity contribution in [3.63, 3.8) is 0 Å². The Labute approximate surface area is 408 Å². The standard InChI is InChI=1S/C50H57F2N7O9S2/c1-6-20-70(65,66)58-39-15-14-38(51)42(43(39)52)44(62)37-26-54-47-36(37)22-33(25-53-47)32-8-7-9-35(21-32)68-19-18-67-17-16-41(61)57-46(50(3,4)5)49(64)59-27-34(60)23-40(59)48(63)55-24-30-10-12-31(13-11-30)45-29(2)56-28-69-45/h7-15,21-22,25-26,28,34,40,46,49,58,60,64H,6,16-20,23-24,27H2,1-5H3,(H,53,54)(H,55,63)(H,57,61)/t34-,40+,46-,49?/m1/s1. The molecule has 372 valence electrons. The topological polar surface area (TPSA) is 225 Å². The monoisotopic (exact) mass is 1000 g/mol. The van der Waals surface area contributed by atoms with Crippen molar-refractivity contribution in [2.24, 2.45) is 5.41 Å². The zero-order valence-corrected chi connectivity index (χ0v) is 41.1. The Morgan fingerprint density at radius 3 is 2.49 bits per heavy atom. The maximum Gasteiger partial charge on any atom is 0.237 e. The fourth-order valence-corrected chi connectivity index (χ4v) is 10.2. The third-order valence-electron chi connectivity index (χ3n) is 11.9. The van der Waals surface area contributed by atoms with Crippen molar-refractivity contribution in [2.75, 3.05) is 36.8 Å². The highest BCUT2D eigenvalue weighted by molar-refractivity contribution is 7.92. The number of aromatic nitrogens is 3. The van der Waals surface area contributed by atoms with Crippen LogP contribution in [-0.4, -0.2) is 113 Å². The number of aliphatic hydroxyl groups is 2. The first kappa shape index (κ1) is 51.7. The number of benzene rings is 3. The second-order valence-electron chi connectivity index (χ2n) is 18.2. The number of ketones is 1. The summed E-state index contributed by atoms with van der Waals surface area (Å²) >= 11 is 1.56. The summed E-state index contributed by atoms with van der Waals surface area (Å²) in [5.74, 6) is -4.02. The number of aryl methyl sites for hydroxylation is 1. The quantitative estimate of drug-likeness (QED) is 0.0327. The summed E-state index contributed by atoms with van der Waals surface area (Å²) in [6, 6.07) is 16.6. The number of likely N-dealkylation sites (tertiary alicyclic amines) is 1. The molecule has 1 saturated heterocycles. The molecule has 1 aliphatic rings. The van der Waals surface area contributed by atoms with Crippen LogP contribution in [0, 0.1) is 24.0 Å². The number of aliphatic hydroxyl groups excluding tert-OH is 2. The molecule has 3 aromatic heterocycles. The van der Waals surface area contributed by atoms with E-state index < -0.39 is 68.5 Å². The maximum absolute atomic E-state index is 15.6. The summed E-state index contributed by atoms with van der Waals surface area (Å²) in [6.07, 6.45) is 1.09. The van der Waals surface area contributed by atoms with Gasteiger partial charge in [0, 0.05) is 48.4 Å². The molecule has 0 saturated carbocycles. The van der Waals surface area contributed by atoms with Gasteiger partial charge in [0.2, 0.25) is 27.6 Å². The van der Waals surface area contributed by atoms with Crippen LogP contribution in [0.5, 0.6) is 5.75 Å². The van der Waals surface area contributed by atoms with Crippen LogP contribution in [0.1, 0.15) is 74.1 Å². The molecule has 1 fully saturated rings. The van der Waals surface area contributed by atoms with E-state index in [1.54, 1.807) is 65.2 Å². The van der Waals surface area contributed by atoms with Crippen molar-refractivity contribution in [2.45, 2.75) is 84.8 Å². The van der Waals surface area contributed by atoms with Crippen LogP contribution in [0.25, 0.3) is 32.6 Å². The minimum atomic E-state index is -3.93. The minimum absolute atomic E-state index is 0.0235. The second-order valence-corrected chi connectivity index (χ2v) is 20.9. The molecule has 20 heteroatoms. The van der Waals surface area contributed by atoms with Gasteiger partial charge >= 0.3 is 0 Å². The number of rotatable bonds is 21. The molecule has 0 spiro atoms.